The predicted molar refractivity (Wildman–Crippen MR) is 72.8 cm³/mol. The Labute approximate surface area is 113 Å². The Bertz CT molecular complexity index is 468. The van der Waals surface area contributed by atoms with Gasteiger partial charge in [0.15, 0.2) is 11.6 Å². The van der Waals surface area contributed by atoms with Crippen LogP contribution in [0.25, 0.3) is 0 Å². The van der Waals surface area contributed by atoms with Gasteiger partial charge in [0.25, 0.3) is 0 Å². The average Bonchev–Trinajstić information content (AvgIpc) is 2.38. The highest BCUT2D eigenvalue weighted by Crippen LogP contribution is 2.22. The molecular weight excluding hydrogens is 245 g/mol. The molecule has 1 fully saturated rings. The first-order valence-corrected chi connectivity index (χ1v) is 6.65. The van der Waals surface area contributed by atoms with Crippen LogP contribution in [0, 0.1) is 5.82 Å². The topological polar surface area (TPSA) is 36.4 Å². The fourth-order valence-corrected chi connectivity index (χ4v) is 2.23. The molecule has 1 amide bonds. The summed E-state index contributed by atoms with van der Waals surface area (Å²) in [6.07, 6.45) is 1.74. The lowest BCUT2D eigenvalue weighted by Crippen LogP contribution is -2.48. The van der Waals surface area contributed by atoms with E-state index in [1.54, 1.807) is 24.1 Å². The SMILES string of the molecule is CC(=O)N1CCN(c2ncc(C(C)C)cc2F)CC1. The molecule has 0 atom stereocenters. The van der Waals surface area contributed by atoms with E-state index in [9.17, 15) is 9.18 Å². The minimum absolute atomic E-state index is 0.0724. The van der Waals surface area contributed by atoms with E-state index in [0.29, 0.717) is 32.0 Å². The van der Waals surface area contributed by atoms with Gasteiger partial charge in [0.05, 0.1) is 0 Å². The lowest BCUT2D eigenvalue weighted by Gasteiger charge is -2.35. The number of anilines is 1. The van der Waals surface area contributed by atoms with Crippen LogP contribution in [-0.4, -0.2) is 42.0 Å². The van der Waals surface area contributed by atoms with Gasteiger partial charge in [0.1, 0.15) is 0 Å². The molecule has 0 saturated carbocycles. The molecule has 0 aliphatic carbocycles. The number of rotatable bonds is 2. The number of pyridine rings is 1. The van der Waals surface area contributed by atoms with E-state index in [1.807, 2.05) is 18.7 Å². The number of hydrogen-bond donors (Lipinski definition) is 0. The largest absolute Gasteiger partial charge is 0.351 e. The molecule has 1 saturated heterocycles. The van der Waals surface area contributed by atoms with Crippen LogP contribution < -0.4 is 4.90 Å². The fourth-order valence-electron chi connectivity index (χ4n) is 2.23. The van der Waals surface area contributed by atoms with E-state index in [4.69, 9.17) is 0 Å². The highest BCUT2D eigenvalue weighted by molar-refractivity contribution is 5.73. The van der Waals surface area contributed by atoms with E-state index >= 15 is 0 Å². The Kier molecular flexibility index (Phi) is 4.02. The van der Waals surface area contributed by atoms with Gasteiger partial charge in [0.2, 0.25) is 5.91 Å². The van der Waals surface area contributed by atoms with Crippen molar-refractivity contribution in [2.24, 2.45) is 0 Å². The second-order valence-corrected chi connectivity index (χ2v) is 5.22. The summed E-state index contributed by atoms with van der Waals surface area (Å²) in [4.78, 5) is 19.2. The average molecular weight is 265 g/mol. The van der Waals surface area contributed by atoms with E-state index in [-0.39, 0.29) is 17.6 Å². The van der Waals surface area contributed by atoms with E-state index in [1.165, 1.54) is 0 Å². The van der Waals surface area contributed by atoms with Crippen molar-refractivity contribution in [1.29, 1.82) is 0 Å². The second kappa shape index (κ2) is 5.55. The summed E-state index contributed by atoms with van der Waals surface area (Å²) in [6, 6.07) is 1.56. The summed E-state index contributed by atoms with van der Waals surface area (Å²) in [7, 11) is 0. The zero-order valence-electron chi connectivity index (χ0n) is 11.7. The van der Waals surface area contributed by atoms with Crippen LogP contribution in [0.15, 0.2) is 12.3 Å². The highest BCUT2D eigenvalue weighted by atomic mass is 19.1. The summed E-state index contributed by atoms with van der Waals surface area (Å²) in [5, 5.41) is 0. The minimum Gasteiger partial charge on any atom is -0.351 e. The van der Waals surface area contributed by atoms with Crippen LogP contribution in [0.2, 0.25) is 0 Å². The van der Waals surface area contributed by atoms with Crippen molar-refractivity contribution in [2.75, 3.05) is 31.1 Å². The minimum atomic E-state index is -0.275. The number of carbonyl (C=O) groups excluding carboxylic acids is 1. The molecule has 1 aliphatic rings. The van der Waals surface area contributed by atoms with Crippen molar-refractivity contribution in [3.63, 3.8) is 0 Å². The van der Waals surface area contributed by atoms with Crippen molar-refractivity contribution in [3.05, 3.63) is 23.6 Å². The molecule has 0 unspecified atom stereocenters. The molecule has 1 aliphatic heterocycles. The van der Waals surface area contributed by atoms with Crippen LogP contribution in [0.3, 0.4) is 0 Å². The molecular formula is C14H20FN3O. The van der Waals surface area contributed by atoms with Gasteiger partial charge in [-0.3, -0.25) is 4.79 Å². The Morgan fingerprint density at radius 1 is 1.32 bits per heavy atom. The molecule has 0 N–H and O–H groups in total. The molecule has 0 aromatic carbocycles. The van der Waals surface area contributed by atoms with Gasteiger partial charge in [-0.25, -0.2) is 9.37 Å². The zero-order chi connectivity index (χ0) is 14.0. The number of amides is 1. The third kappa shape index (κ3) is 3.03. The molecule has 2 rings (SSSR count). The summed E-state index contributed by atoms with van der Waals surface area (Å²) < 4.78 is 14.1. The third-order valence-corrected chi connectivity index (χ3v) is 3.53. The summed E-state index contributed by atoms with van der Waals surface area (Å²) in [5.74, 6) is 0.462. The monoisotopic (exact) mass is 265 g/mol. The van der Waals surface area contributed by atoms with Gasteiger partial charge >= 0.3 is 0 Å². The first kappa shape index (κ1) is 13.8. The van der Waals surface area contributed by atoms with Gasteiger partial charge in [0, 0.05) is 39.3 Å². The van der Waals surface area contributed by atoms with Gasteiger partial charge in [-0.2, -0.15) is 0 Å². The van der Waals surface area contributed by atoms with Gasteiger partial charge in [-0.15, -0.1) is 0 Å². The number of piperazine rings is 1. The maximum Gasteiger partial charge on any atom is 0.219 e. The molecule has 0 bridgehead atoms. The van der Waals surface area contributed by atoms with E-state index in [2.05, 4.69) is 4.98 Å². The van der Waals surface area contributed by atoms with Crippen LogP contribution in [0.5, 0.6) is 0 Å². The van der Waals surface area contributed by atoms with Crippen molar-refractivity contribution < 1.29 is 9.18 Å². The molecule has 19 heavy (non-hydrogen) atoms. The lowest BCUT2D eigenvalue weighted by atomic mass is 10.1. The van der Waals surface area contributed by atoms with Crippen molar-refractivity contribution >= 4 is 11.7 Å². The summed E-state index contributed by atoms with van der Waals surface area (Å²) in [6.45, 7) is 8.11. The molecule has 1 aromatic heterocycles. The van der Waals surface area contributed by atoms with Crippen molar-refractivity contribution in [2.45, 2.75) is 26.7 Å². The first-order valence-electron chi connectivity index (χ1n) is 6.65. The van der Waals surface area contributed by atoms with Gasteiger partial charge in [-0.05, 0) is 17.5 Å². The van der Waals surface area contributed by atoms with Crippen LogP contribution >= 0.6 is 0 Å². The van der Waals surface area contributed by atoms with Crippen LogP contribution in [0.4, 0.5) is 10.2 Å². The van der Waals surface area contributed by atoms with Crippen LogP contribution in [-0.2, 0) is 4.79 Å². The molecule has 1 aromatic rings. The number of halogens is 1. The fraction of sp³-hybridized carbons (Fsp3) is 0.571. The van der Waals surface area contributed by atoms with Gasteiger partial charge < -0.3 is 9.80 Å². The van der Waals surface area contributed by atoms with E-state index < -0.39 is 0 Å². The standard InChI is InChI=1S/C14H20FN3O/c1-10(2)12-8-13(15)14(16-9-12)18-6-4-17(5-7-18)11(3)19/h8-10H,4-7H2,1-3H3. The molecule has 5 heteroatoms. The lowest BCUT2D eigenvalue weighted by molar-refractivity contribution is -0.129. The zero-order valence-corrected chi connectivity index (χ0v) is 11.7. The van der Waals surface area contributed by atoms with Gasteiger partial charge in [-0.1, -0.05) is 13.8 Å². The van der Waals surface area contributed by atoms with Crippen molar-refractivity contribution in [1.82, 2.24) is 9.88 Å². The quantitative estimate of drug-likeness (QED) is 0.820. The van der Waals surface area contributed by atoms with Crippen molar-refractivity contribution in [3.8, 4) is 0 Å². The Morgan fingerprint density at radius 2 is 1.95 bits per heavy atom. The number of aromatic nitrogens is 1. The second-order valence-electron chi connectivity index (χ2n) is 5.22. The molecule has 2 heterocycles. The number of nitrogens with zero attached hydrogens (tertiary/aromatic N) is 3. The normalized spacial score (nSPS) is 16.1. The predicted octanol–water partition coefficient (Wildman–Crippen LogP) is 2.01. The first-order chi connectivity index (χ1) is 8.99. The van der Waals surface area contributed by atoms with Crippen LogP contribution in [0.1, 0.15) is 32.3 Å². The highest BCUT2D eigenvalue weighted by Gasteiger charge is 2.22. The summed E-state index contributed by atoms with van der Waals surface area (Å²) in [5.41, 5.74) is 0.906. The number of carbonyl (C=O) groups is 1. The molecule has 104 valence electrons. The molecule has 4 nitrogen and oxygen atoms in total. The van der Waals surface area contributed by atoms with E-state index in [0.717, 1.165) is 5.56 Å². The Morgan fingerprint density at radius 3 is 2.42 bits per heavy atom. The Hall–Kier alpha value is -1.65. The smallest absolute Gasteiger partial charge is 0.219 e. The maximum absolute atomic E-state index is 14.1. The molecule has 0 radical (unpaired) electrons. The maximum atomic E-state index is 14.1. The summed E-state index contributed by atoms with van der Waals surface area (Å²) >= 11 is 0. The number of hydrogen-bond acceptors (Lipinski definition) is 3. The molecule has 0 spiro atoms. The Balaban J connectivity index is 2.09. The third-order valence-electron chi connectivity index (χ3n) is 3.53.